The van der Waals surface area contributed by atoms with Crippen LogP contribution in [0.1, 0.15) is 48.0 Å². The summed E-state index contributed by atoms with van der Waals surface area (Å²) in [6, 6.07) is 1.53. The fourth-order valence-corrected chi connectivity index (χ4v) is 2.81. The van der Waals surface area contributed by atoms with Gasteiger partial charge in [-0.2, -0.15) is 0 Å². The summed E-state index contributed by atoms with van der Waals surface area (Å²) in [5.41, 5.74) is -0.986. The molecule has 0 spiro atoms. The van der Waals surface area contributed by atoms with Crippen molar-refractivity contribution < 1.29 is 18.8 Å². The van der Waals surface area contributed by atoms with E-state index in [1.807, 2.05) is 41.5 Å². The predicted octanol–water partition coefficient (Wildman–Crippen LogP) is 3.34. The number of amides is 3. The molecule has 1 fully saturated rings. The van der Waals surface area contributed by atoms with Gasteiger partial charge in [0, 0.05) is 37.8 Å². The zero-order valence-electron chi connectivity index (χ0n) is 16.6. The van der Waals surface area contributed by atoms with E-state index in [1.165, 1.54) is 6.26 Å². The van der Waals surface area contributed by atoms with E-state index in [2.05, 4.69) is 5.16 Å². The third-order valence-electron chi connectivity index (χ3n) is 3.93. The highest BCUT2D eigenvalue weighted by Gasteiger charge is 2.34. The smallest absolute Gasteiger partial charge is 0.410 e. The highest BCUT2D eigenvalue weighted by Crippen LogP contribution is 2.24. The standard InChI is InChI=1S/C18H30N4O4/c1-17(2,3)22(14-8-13-25-19-14)15(23)20-9-7-10-21(12-11-20)16(24)26-18(4,5)6/h8,13H,7,9-12H2,1-6H3. The summed E-state index contributed by atoms with van der Waals surface area (Å²) in [6.07, 6.45) is 1.81. The van der Waals surface area contributed by atoms with E-state index in [9.17, 15) is 9.59 Å². The van der Waals surface area contributed by atoms with Gasteiger partial charge in [0.1, 0.15) is 11.9 Å². The van der Waals surface area contributed by atoms with Crippen molar-refractivity contribution >= 4 is 17.9 Å². The summed E-state index contributed by atoms with van der Waals surface area (Å²) in [7, 11) is 0. The largest absolute Gasteiger partial charge is 0.444 e. The minimum absolute atomic E-state index is 0.141. The lowest BCUT2D eigenvalue weighted by molar-refractivity contribution is 0.0258. The fraction of sp³-hybridized carbons (Fsp3) is 0.722. The van der Waals surface area contributed by atoms with Crippen LogP contribution in [0.4, 0.5) is 15.4 Å². The Labute approximate surface area is 155 Å². The number of hydrogen-bond donors (Lipinski definition) is 0. The van der Waals surface area contributed by atoms with Gasteiger partial charge in [0.25, 0.3) is 0 Å². The van der Waals surface area contributed by atoms with E-state index >= 15 is 0 Å². The molecule has 2 rings (SSSR count). The van der Waals surface area contributed by atoms with Gasteiger partial charge in [0.15, 0.2) is 5.82 Å². The van der Waals surface area contributed by atoms with Gasteiger partial charge in [-0.05, 0) is 48.0 Å². The number of nitrogens with zero attached hydrogens (tertiary/aromatic N) is 4. The lowest BCUT2D eigenvalue weighted by Gasteiger charge is -2.37. The summed E-state index contributed by atoms with van der Waals surface area (Å²) in [6.45, 7) is 13.4. The van der Waals surface area contributed by atoms with Crippen LogP contribution < -0.4 is 4.90 Å². The third kappa shape index (κ3) is 5.12. The van der Waals surface area contributed by atoms with Crippen LogP contribution in [-0.2, 0) is 4.74 Å². The number of aromatic nitrogens is 1. The van der Waals surface area contributed by atoms with Gasteiger partial charge in [-0.15, -0.1) is 0 Å². The van der Waals surface area contributed by atoms with Crippen molar-refractivity contribution in [1.29, 1.82) is 0 Å². The number of carbonyl (C=O) groups excluding carboxylic acids is 2. The molecule has 0 aromatic carbocycles. The maximum atomic E-state index is 13.1. The minimum atomic E-state index is -0.533. The van der Waals surface area contributed by atoms with Gasteiger partial charge in [-0.1, -0.05) is 5.16 Å². The Morgan fingerprint density at radius 3 is 2.23 bits per heavy atom. The highest BCUT2D eigenvalue weighted by molar-refractivity contribution is 5.92. The minimum Gasteiger partial charge on any atom is -0.444 e. The molecule has 1 aliphatic rings. The van der Waals surface area contributed by atoms with Crippen molar-refractivity contribution in [2.75, 3.05) is 31.1 Å². The maximum Gasteiger partial charge on any atom is 0.410 e. The van der Waals surface area contributed by atoms with Crippen LogP contribution >= 0.6 is 0 Å². The molecule has 1 saturated heterocycles. The van der Waals surface area contributed by atoms with E-state index in [0.29, 0.717) is 38.4 Å². The molecule has 1 aliphatic heterocycles. The molecule has 1 aromatic rings. The summed E-state index contributed by atoms with van der Waals surface area (Å²) < 4.78 is 10.4. The highest BCUT2D eigenvalue weighted by atomic mass is 16.6. The first-order valence-corrected chi connectivity index (χ1v) is 8.96. The summed E-state index contributed by atoms with van der Waals surface area (Å²) >= 11 is 0. The van der Waals surface area contributed by atoms with E-state index in [4.69, 9.17) is 9.26 Å². The molecule has 3 amide bonds. The first-order chi connectivity index (χ1) is 12.0. The van der Waals surface area contributed by atoms with E-state index < -0.39 is 11.1 Å². The molecule has 8 nitrogen and oxygen atoms in total. The molecular formula is C18H30N4O4. The van der Waals surface area contributed by atoms with Crippen LogP contribution in [-0.4, -0.2) is 64.4 Å². The lowest BCUT2D eigenvalue weighted by atomic mass is 10.1. The number of carbonyl (C=O) groups is 2. The second kappa shape index (κ2) is 7.55. The lowest BCUT2D eigenvalue weighted by Crippen LogP contribution is -2.53. The molecule has 1 aromatic heterocycles. The van der Waals surface area contributed by atoms with Gasteiger partial charge in [-0.3, -0.25) is 4.90 Å². The number of ether oxygens (including phenoxy) is 1. The summed E-state index contributed by atoms with van der Waals surface area (Å²) in [4.78, 5) is 30.5. The monoisotopic (exact) mass is 366 g/mol. The Balaban J connectivity index is 2.07. The van der Waals surface area contributed by atoms with Crippen molar-refractivity contribution in [3.05, 3.63) is 12.3 Å². The fourth-order valence-electron chi connectivity index (χ4n) is 2.81. The van der Waals surface area contributed by atoms with Gasteiger partial charge in [-0.25, -0.2) is 9.59 Å². The molecule has 0 atom stereocenters. The first-order valence-electron chi connectivity index (χ1n) is 8.96. The first kappa shape index (κ1) is 20.1. The van der Waals surface area contributed by atoms with Gasteiger partial charge < -0.3 is 19.1 Å². The SMILES string of the molecule is CC(C)(C)OC(=O)N1CCCN(C(=O)N(c2ccon2)C(C)(C)C)CC1. The van der Waals surface area contributed by atoms with Crippen LogP contribution in [0.2, 0.25) is 0 Å². The molecular weight excluding hydrogens is 336 g/mol. The molecule has 2 heterocycles. The summed E-state index contributed by atoms with van der Waals surface area (Å²) in [5.74, 6) is 0.482. The molecule has 0 radical (unpaired) electrons. The quantitative estimate of drug-likeness (QED) is 0.761. The van der Waals surface area contributed by atoms with Crippen molar-refractivity contribution in [2.24, 2.45) is 0 Å². The maximum absolute atomic E-state index is 13.1. The van der Waals surface area contributed by atoms with Gasteiger partial charge in [0.05, 0.1) is 0 Å². The number of urea groups is 1. The molecule has 0 aliphatic carbocycles. The Kier molecular flexibility index (Phi) is 5.83. The van der Waals surface area contributed by atoms with Crippen LogP contribution in [0.25, 0.3) is 0 Å². The molecule has 26 heavy (non-hydrogen) atoms. The zero-order chi connectivity index (χ0) is 19.5. The normalized spacial score (nSPS) is 16.2. The van der Waals surface area contributed by atoms with Crippen molar-refractivity contribution in [3.8, 4) is 0 Å². The van der Waals surface area contributed by atoms with Gasteiger partial charge in [0.2, 0.25) is 0 Å². The Hall–Kier alpha value is -2.25. The number of anilines is 1. The molecule has 0 N–H and O–H groups in total. The molecule has 0 saturated carbocycles. The topological polar surface area (TPSA) is 79.1 Å². The van der Waals surface area contributed by atoms with Crippen LogP contribution in [0.5, 0.6) is 0 Å². The molecule has 8 heteroatoms. The predicted molar refractivity (Wildman–Crippen MR) is 98.1 cm³/mol. The average Bonchev–Trinajstić information content (AvgIpc) is 2.86. The van der Waals surface area contributed by atoms with E-state index in [-0.39, 0.29) is 12.1 Å². The number of rotatable bonds is 1. The molecule has 0 bridgehead atoms. The Morgan fingerprint density at radius 2 is 1.69 bits per heavy atom. The van der Waals surface area contributed by atoms with Crippen LogP contribution in [0.3, 0.4) is 0 Å². The average molecular weight is 366 g/mol. The van der Waals surface area contributed by atoms with Crippen LogP contribution in [0, 0.1) is 0 Å². The second-order valence-corrected chi connectivity index (χ2v) is 8.45. The second-order valence-electron chi connectivity index (χ2n) is 8.45. The third-order valence-corrected chi connectivity index (χ3v) is 3.93. The van der Waals surface area contributed by atoms with E-state index in [1.54, 1.807) is 20.8 Å². The van der Waals surface area contributed by atoms with Crippen LogP contribution in [0.15, 0.2) is 16.9 Å². The van der Waals surface area contributed by atoms with Crippen molar-refractivity contribution in [2.45, 2.75) is 59.1 Å². The van der Waals surface area contributed by atoms with Crippen molar-refractivity contribution in [3.63, 3.8) is 0 Å². The zero-order valence-corrected chi connectivity index (χ0v) is 16.6. The molecule has 146 valence electrons. The summed E-state index contributed by atoms with van der Waals surface area (Å²) in [5, 5.41) is 3.92. The van der Waals surface area contributed by atoms with Gasteiger partial charge >= 0.3 is 12.1 Å². The Bertz CT molecular complexity index is 616. The molecule has 0 unspecified atom stereocenters. The van der Waals surface area contributed by atoms with Crippen molar-refractivity contribution in [1.82, 2.24) is 15.0 Å². The Morgan fingerprint density at radius 1 is 1.08 bits per heavy atom. The van der Waals surface area contributed by atoms with E-state index in [0.717, 1.165) is 0 Å². The number of hydrogen-bond acceptors (Lipinski definition) is 5.